The number of hydrogen-bond donors (Lipinski definition) is 1. The second-order valence-electron chi connectivity index (χ2n) is 6.94. The third-order valence-corrected chi connectivity index (χ3v) is 6.34. The largest absolute Gasteiger partial charge is 0.452 e. The highest BCUT2D eigenvalue weighted by molar-refractivity contribution is 7.89. The highest BCUT2D eigenvalue weighted by atomic mass is 32.2. The molecule has 2 aromatic rings. The molecule has 25 heavy (non-hydrogen) atoms. The number of hydrogen-bond acceptors (Lipinski definition) is 5. The summed E-state index contributed by atoms with van der Waals surface area (Å²) < 4.78 is 31.7. The van der Waals surface area contributed by atoms with Crippen LogP contribution in [-0.4, -0.2) is 43.5 Å². The van der Waals surface area contributed by atoms with Crippen molar-refractivity contribution < 1.29 is 17.9 Å². The van der Waals surface area contributed by atoms with E-state index < -0.39 is 15.6 Å². The molecule has 0 bridgehead atoms. The van der Waals surface area contributed by atoms with Gasteiger partial charge in [-0.3, -0.25) is 0 Å². The summed E-state index contributed by atoms with van der Waals surface area (Å²) in [4.78, 5) is 2.18. The summed E-state index contributed by atoms with van der Waals surface area (Å²) in [5, 5.41) is 10.0. The first-order valence-electron chi connectivity index (χ1n) is 8.33. The van der Waals surface area contributed by atoms with Gasteiger partial charge in [0.1, 0.15) is 0 Å². The van der Waals surface area contributed by atoms with Gasteiger partial charge in [-0.2, -0.15) is 4.31 Å². The number of rotatable bonds is 4. The van der Waals surface area contributed by atoms with Gasteiger partial charge >= 0.3 is 0 Å². The molecule has 1 aromatic carbocycles. The maximum absolute atomic E-state index is 12.6. The fraction of sp³-hybridized carbons (Fsp3) is 0.444. The van der Waals surface area contributed by atoms with E-state index in [0.717, 1.165) is 11.3 Å². The Balaban J connectivity index is 1.74. The average molecular weight is 364 g/mol. The Kier molecular flexibility index (Phi) is 4.66. The van der Waals surface area contributed by atoms with Gasteiger partial charge in [0.05, 0.1) is 11.9 Å². The Morgan fingerprint density at radius 1 is 1.16 bits per heavy atom. The third-order valence-electron chi connectivity index (χ3n) is 4.58. The number of sulfonamides is 1. The zero-order valence-electron chi connectivity index (χ0n) is 14.7. The molecule has 1 atom stereocenters. The lowest BCUT2D eigenvalue weighted by Crippen LogP contribution is -2.53. The van der Waals surface area contributed by atoms with Gasteiger partial charge in [0.2, 0.25) is 5.09 Å². The van der Waals surface area contributed by atoms with Crippen molar-refractivity contribution in [3.63, 3.8) is 0 Å². The molecule has 0 spiro atoms. The van der Waals surface area contributed by atoms with Gasteiger partial charge < -0.3 is 14.4 Å². The van der Waals surface area contributed by atoms with Crippen molar-refractivity contribution in [1.82, 2.24) is 4.31 Å². The van der Waals surface area contributed by atoms with E-state index in [-0.39, 0.29) is 11.1 Å². The van der Waals surface area contributed by atoms with E-state index in [1.54, 1.807) is 19.9 Å². The molecular weight excluding hydrogens is 340 g/mol. The van der Waals surface area contributed by atoms with Crippen molar-refractivity contribution >= 4 is 15.7 Å². The zero-order chi connectivity index (χ0) is 18.2. The minimum absolute atomic E-state index is 0.0114. The third kappa shape index (κ3) is 3.58. The number of aliphatic hydroxyl groups is 1. The van der Waals surface area contributed by atoms with E-state index in [4.69, 9.17) is 4.42 Å². The molecule has 1 N–H and O–H groups in total. The van der Waals surface area contributed by atoms with Crippen LogP contribution in [0, 0.1) is 0 Å². The summed E-state index contributed by atoms with van der Waals surface area (Å²) >= 11 is 0. The molecule has 1 aromatic heterocycles. The Labute approximate surface area is 148 Å². The van der Waals surface area contributed by atoms with Crippen molar-refractivity contribution in [2.75, 3.05) is 24.5 Å². The van der Waals surface area contributed by atoms with Crippen molar-refractivity contribution in [2.45, 2.75) is 37.5 Å². The minimum atomic E-state index is -3.58. The van der Waals surface area contributed by atoms with Gasteiger partial charge in [0.15, 0.2) is 0 Å². The van der Waals surface area contributed by atoms with Crippen molar-refractivity contribution in [2.24, 2.45) is 0 Å². The maximum Gasteiger partial charge on any atom is 0.276 e. The van der Waals surface area contributed by atoms with E-state index in [1.165, 1.54) is 16.6 Å². The predicted octanol–water partition coefficient (Wildman–Crippen LogP) is 2.41. The van der Waals surface area contributed by atoms with Crippen LogP contribution >= 0.6 is 0 Å². The summed E-state index contributed by atoms with van der Waals surface area (Å²) in [7, 11) is -3.58. The summed E-state index contributed by atoms with van der Waals surface area (Å²) in [6.45, 7) is 6.92. The van der Waals surface area contributed by atoms with Crippen LogP contribution in [0.2, 0.25) is 0 Å². The molecule has 7 heteroatoms. The number of nitrogens with zero attached hydrogens (tertiary/aromatic N) is 2. The summed E-state index contributed by atoms with van der Waals surface area (Å²) in [6, 6.07) is 10.9. The van der Waals surface area contributed by atoms with Gasteiger partial charge in [0, 0.05) is 31.4 Å². The maximum atomic E-state index is 12.6. The lowest BCUT2D eigenvalue weighted by atomic mass is 9.98. The number of benzene rings is 1. The lowest BCUT2D eigenvalue weighted by Gasteiger charge is -2.40. The molecule has 0 aliphatic carbocycles. The van der Waals surface area contributed by atoms with E-state index in [0.29, 0.717) is 19.6 Å². The fourth-order valence-corrected chi connectivity index (χ4v) is 4.54. The van der Waals surface area contributed by atoms with Crippen molar-refractivity contribution in [3.05, 3.63) is 48.2 Å². The fourth-order valence-electron chi connectivity index (χ4n) is 3.12. The van der Waals surface area contributed by atoms with E-state index in [2.05, 4.69) is 4.90 Å². The number of anilines is 1. The summed E-state index contributed by atoms with van der Waals surface area (Å²) in [5.74, 6) is 0. The zero-order valence-corrected chi connectivity index (χ0v) is 15.5. The molecule has 1 fully saturated rings. The van der Waals surface area contributed by atoms with Gasteiger partial charge in [-0.25, -0.2) is 8.42 Å². The first-order valence-corrected chi connectivity index (χ1v) is 9.77. The summed E-state index contributed by atoms with van der Waals surface area (Å²) in [6.07, 6.45) is 1.37. The van der Waals surface area contributed by atoms with Crippen molar-refractivity contribution in [3.8, 4) is 0 Å². The molecule has 136 valence electrons. The van der Waals surface area contributed by atoms with Crippen LogP contribution in [0.4, 0.5) is 5.69 Å². The van der Waals surface area contributed by atoms with Crippen LogP contribution in [0.15, 0.2) is 52.2 Å². The topological polar surface area (TPSA) is 74.0 Å². The lowest BCUT2D eigenvalue weighted by molar-refractivity contribution is 0.0786. The highest BCUT2D eigenvalue weighted by Gasteiger charge is 2.33. The SMILES string of the molecule is C[C@H]1CN(S(=O)(=O)c2ccco2)CCN1c1ccc(C(C)(C)O)cc1. The van der Waals surface area contributed by atoms with Gasteiger partial charge in [-0.1, -0.05) is 12.1 Å². The Bertz CT molecular complexity index is 808. The first-order chi connectivity index (χ1) is 11.7. The van der Waals surface area contributed by atoms with E-state index >= 15 is 0 Å². The molecule has 1 aliphatic heterocycles. The highest BCUT2D eigenvalue weighted by Crippen LogP contribution is 2.27. The monoisotopic (exact) mass is 364 g/mol. The average Bonchev–Trinajstić information content (AvgIpc) is 3.09. The molecule has 6 nitrogen and oxygen atoms in total. The van der Waals surface area contributed by atoms with Crippen molar-refractivity contribution in [1.29, 1.82) is 0 Å². The van der Waals surface area contributed by atoms with E-state index in [1.807, 2.05) is 31.2 Å². The molecular formula is C18H24N2O4S. The summed E-state index contributed by atoms with van der Waals surface area (Å²) in [5.41, 5.74) is 0.999. The van der Waals surface area contributed by atoms with Crippen LogP contribution in [0.1, 0.15) is 26.3 Å². The van der Waals surface area contributed by atoms with Crippen LogP contribution in [0.3, 0.4) is 0 Å². The van der Waals surface area contributed by atoms with Crippen LogP contribution in [0.5, 0.6) is 0 Å². The molecule has 3 rings (SSSR count). The first kappa shape index (κ1) is 18.0. The van der Waals surface area contributed by atoms with Gasteiger partial charge in [-0.05, 0) is 50.6 Å². The minimum Gasteiger partial charge on any atom is -0.452 e. The molecule has 1 aliphatic rings. The Morgan fingerprint density at radius 2 is 1.84 bits per heavy atom. The smallest absolute Gasteiger partial charge is 0.276 e. The molecule has 1 saturated heterocycles. The molecule has 0 saturated carbocycles. The van der Waals surface area contributed by atoms with Gasteiger partial charge in [-0.15, -0.1) is 0 Å². The predicted molar refractivity (Wildman–Crippen MR) is 96.0 cm³/mol. The number of piperazine rings is 1. The van der Waals surface area contributed by atoms with Gasteiger partial charge in [0.25, 0.3) is 10.0 Å². The molecule has 0 amide bonds. The van der Waals surface area contributed by atoms with Crippen LogP contribution < -0.4 is 4.90 Å². The quantitative estimate of drug-likeness (QED) is 0.902. The normalized spacial score (nSPS) is 20.0. The Morgan fingerprint density at radius 3 is 2.36 bits per heavy atom. The van der Waals surface area contributed by atoms with Crippen LogP contribution in [-0.2, 0) is 15.6 Å². The second kappa shape index (κ2) is 6.48. The molecule has 0 radical (unpaired) electrons. The second-order valence-corrected chi connectivity index (χ2v) is 8.81. The number of furan rings is 1. The molecule has 2 heterocycles. The van der Waals surface area contributed by atoms with Crippen LogP contribution in [0.25, 0.3) is 0 Å². The van der Waals surface area contributed by atoms with E-state index in [9.17, 15) is 13.5 Å². The standard InChI is InChI=1S/C18H24N2O4S/c1-14-13-19(25(22,23)17-5-4-12-24-17)10-11-20(14)16-8-6-15(7-9-16)18(2,3)21/h4-9,12,14,21H,10-11,13H2,1-3H3/t14-/m0/s1. The Hall–Kier alpha value is -1.83. The molecule has 0 unspecified atom stereocenters.